The van der Waals surface area contributed by atoms with Crippen LogP contribution in [0.5, 0.6) is 0 Å². The average Bonchev–Trinajstić information content (AvgIpc) is 1.93. The van der Waals surface area contributed by atoms with Gasteiger partial charge in [-0.2, -0.15) is 0 Å². The van der Waals surface area contributed by atoms with Crippen molar-refractivity contribution in [2.45, 2.75) is 39.2 Å². The van der Waals surface area contributed by atoms with Crippen LogP contribution in [-0.4, -0.2) is 29.1 Å². The van der Waals surface area contributed by atoms with Crippen LogP contribution in [0.25, 0.3) is 0 Å². The van der Waals surface area contributed by atoms with Crippen molar-refractivity contribution >= 4 is 11.8 Å². The molecule has 0 amide bonds. The summed E-state index contributed by atoms with van der Waals surface area (Å²) in [7, 11) is 0. The second kappa shape index (κ2) is 3.35. The number of carboxylic acids is 1. The first kappa shape index (κ1) is 11.2. The van der Waals surface area contributed by atoms with Gasteiger partial charge in [0.1, 0.15) is 11.2 Å². The van der Waals surface area contributed by atoms with Crippen LogP contribution < -0.4 is 0 Å². The van der Waals surface area contributed by atoms with Crippen molar-refractivity contribution < 1.29 is 19.4 Å². The molecule has 80 valence electrons. The molecule has 0 unspecified atom stereocenters. The highest BCUT2D eigenvalue weighted by Gasteiger charge is 2.50. The van der Waals surface area contributed by atoms with Gasteiger partial charge < -0.3 is 9.84 Å². The molecule has 0 bridgehead atoms. The van der Waals surface area contributed by atoms with Crippen LogP contribution in [0, 0.1) is 5.41 Å². The first-order chi connectivity index (χ1) is 6.25. The van der Waals surface area contributed by atoms with Crippen molar-refractivity contribution in [3.8, 4) is 0 Å². The fourth-order valence-corrected chi connectivity index (χ4v) is 1.37. The van der Waals surface area contributed by atoms with E-state index in [1.54, 1.807) is 0 Å². The van der Waals surface area contributed by atoms with E-state index >= 15 is 0 Å². The largest absolute Gasteiger partial charge is 0.481 e. The van der Waals surface area contributed by atoms with E-state index in [0.29, 0.717) is 0 Å². The molecule has 0 saturated heterocycles. The van der Waals surface area contributed by atoms with E-state index in [1.165, 1.54) is 0 Å². The van der Waals surface area contributed by atoms with Gasteiger partial charge >= 0.3 is 5.97 Å². The highest BCUT2D eigenvalue weighted by molar-refractivity contribution is 5.97. The lowest BCUT2D eigenvalue weighted by atomic mass is 9.68. The Labute approximate surface area is 83.2 Å². The van der Waals surface area contributed by atoms with Crippen molar-refractivity contribution in [3.63, 3.8) is 0 Å². The minimum absolute atomic E-state index is 0.00455. The van der Waals surface area contributed by atoms with Gasteiger partial charge in [0, 0.05) is 12.8 Å². The molecule has 1 fully saturated rings. The molecule has 0 aromatic carbocycles. The Morgan fingerprint density at radius 2 is 2.00 bits per heavy atom. The van der Waals surface area contributed by atoms with E-state index < -0.39 is 11.4 Å². The lowest BCUT2D eigenvalue weighted by Gasteiger charge is -2.37. The van der Waals surface area contributed by atoms with Gasteiger partial charge in [0.25, 0.3) is 0 Å². The summed E-state index contributed by atoms with van der Waals surface area (Å²) in [4.78, 5) is 21.8. The molecule has 1 aliphatic rings. The normalized spacial score (nSPS) is 20.4. The fourth-order valence-electron chi connectivity index (χ4n) is 1.37. The number of hydrogen-bond donors (Lipinski definition) is 1. The summed E-state index contributed by atoms with van der Waals surface area (Å²) >= 11 is 0. The quantitative estimate of drug-likeness (QED) is 0.744. The van der Waals surface area contributed by atoms with E-state index in [4.69, 9.17) is 9.84 Å². The molecular weight excluding hydrogens is 184 g/mol. The van der Waals surface area contributed by atoms with E-state index in [-0.39, 0.29) is 30.8 Å². The second-order valence-electron chi connectivity index (χ2n) is 4.88. The van der Waals surface area contributed by atoms with E-state index in [2.05, 4.69) is 0 Å². The molecular formula is C10H16O4. The Kier molecular flexibility index (Phi) is 2.67. The van der Waals surface area contributed by atoms with Crippen LogP contribution in [0.3, 0.4) is 0 Å². The van der Waals surface area contributed by atoms with Gasteiger partial charge in [-0.1, -0.05) is 0 Å². The van der Waals surface area contributed by atoms with Crippen molar-refractivity contribution in [2.24, 2.45) is 5.41 Å². The number of carbonyl (C=O) groups excluding carboxylic acids is 1. The third-order valence-electron chi connectivity index (χ3n) is 2.31. The minimum atomic E-state index is -0.954. The number of ether oxygens (including phenoxy) is 1. The van der Waals surface area contributed by atoms with Gasteiger partial charge in [-0.05, 0) is 20.8 Å². The molecule has 1 aliphatic carbocycles. The molecule has 1 rings (SSSR count). The van der Waals surface area contributed by atoms with Gasteiger partial charge in [-0.3, -0.25) is 9.59 Å². The summed E-state index contributed by atoms with van der Waals surface area (Å²) in [6.45, 7) is 5.71. The predicted molar refractivity (Wildman–Crippen MR) is 50.0 cm³/mol. The summed E-state index contributed by atoms with van der Waals surface area (Å²) in [6.07, 6.45) is 0.219. The highest BCUT2D eigenvalue weighted by Crippen LogP contribution is 2.39. The molecule has 0 spiro atoms. The van der Waals surface area contributed by atoms with E-state index in [1.807, 2.05) is 20.8 Å². The molecule has 4 nitrogen and oxygen atoms in total. The monoisotopic (exact) mass is 200 g/mol. The molecule has 14 heavy (non-hydrogen) atoms. The molecule has 0 atom stereocenters. The van der Waals surface area contributed by atoms with Crippen molar-refractivity contribution in [1.82, 2.24) is 0 Å². The third kappa shape index (κ3) is 2.32. The van der Waals surface area contributed by atoms with Gasteiger partial charge in [0.15, 0.2) is 0 Å². The van der Waals surface area contributed by atoms with Gasteiger partial charge in [0.05, 0.1) is 12.2 Å². The lowest BCUT2D eigenvalue weighted by Crippen LogP contribution is -2.49. The number of rotatable bonds is 3. The zero-order valence-electron chi connectivity index (χ0n) is 8.79. The fraction of sp³-hybridized carbons (Fsp3) is 0.800. The van der Waals surface area contributed by atoms with Gasteiger partial charge in [0.2, 0.25) is 0 Å². The van der Waals surface area contributed by atoms with Crippen LogP contribution in [0.15, 0.2) is 0 Å². The van der Waals surface area contributed by atoms with Gasteiger partial charge in [-0.25, -0.2) is 0 Å². The molecule has 0 aliphatic heterocycles. The Hall–Kier alpha value is -0.900. The van der Waals surface area contributed by atoms with Gasteiger partial charge in [-0.15, -0.1) is 0 Å². The molecule has 0 radical (unpaired) electrons. The SMILES string of the molecule is CC(C)(C)OCC1(C(=O)O)CC(=O)C1. The number of carbonyl (C=O) groups is 2. The summed E-state index contributed by atoms with van der Waals surface area (Å²) in [5.74, 6) is -0.925. The summed E-state index contributed by atoms with van der Waals surface area (Å²) in [5, 5.41) is 8.97. The van der Waals surface area contributed by atoms with Crippen LogP contribution in [0.2, 0.25) is 0 Å². The van der Waals surface area contributed by atoms with Crippen molar-refractivity contribution in [1.29, 1.82) is 0 Å². The number of ketones is 1. The first-order valence-electron chi connectivity index (χ1n) is 4.64. The molecule has 0 aromatic rings. The number of hydrogen-bond acceptors (Lipinski definition) is 3. The third-order valence-corrected chi connectivity index (χ3v) is 2.31. The Balaban J connectivity index is 2.55. The maximum absolute atomic E-state index is 10.9. The van der Waals surface area contributed by atoms with Crippen LogP contribution >= 0.6 is 0 Å². The molecule has 1 saturated carbocycles. The lowest BCUT2D eigenvalue weighted by molar-refractivity contribution is -0.170. The highest BCUT2D eigenvalue weighted by atomic mass is 16.5. The topological polar surface area (TPSA) is 63.6 Å². The standard InChI is InChI=1S/C10H16O4/c1-9(2,3)14-6-10(8(12)13)4-7(11)5-10/h4-6H2,1-3H3,(H,12,13). The minimum Gasteiger partial charge on any atom is -0.481 e. The summed E-state index contributed by atoms with van der Waals surface area (Å²) < 4.78 is 5.41. The van der Waals surface area contributed by atoms with Crippen LogP contribution in [-0.2, 0) is 14.3 Å². The maximum atomic E-state index is 10.9. The molecule has 0 aromatic heterocycles. The maximum Gasteiger partial charge on any atom is 0.312 e. The number of Topliss-reactive ketones (excluding diaryl/α,β-unsaturated/α-hetero) is 1. The van der Waals surface area contributed by atoms with Crippen molar-refractivity contribution in [2.75, 3.05) is 6.61 Å². The second-order valence-corrected chi connectivity index (χ2v) is 4.88. The first-order valence-corrected chi connectivity index (χ1v) is 4.64. The predicted octanol–water partition coefficient (Wildman–Crippen LogP) is 1.24. The van der Waals surface area contributed by atoms with E-state index in [9.17, 15) is 9.59 Å². The van der Waals surface area contributed by atoms with Crippen LogP contribution in [0.1, 0.15) is 33.6 Å². The zero-order valence-corrected chi connectivity index (χ0v) is 8.79. The Morgan fingerprint density at radius 1 is 1.50 bits per heavy atom. The number of aliphatic carboxylic acids is 1. The summed E-state index contributed by atoms with van der Waals surface area (Å²) in [5.41, 5.74) is -1.31. The average molecular weight is 200 g/mol. The molecule has 1 N–H and O–H groups in total. The smallest absolute Gasteiger partial charge is 0.312 e. The zero-order chi connectivity index (χ0) is 11.0. The van der Waals surface area contributed by atoms with Crippen molar-refractivity contribution in [3.05, 3.63) is 0 Å². The van der Waals surface area contributed by atoms with Crippen LogP contribution in [0.4, 0.5) is 0 Å². The van der Waals surface area contributed by atoms with E-state index in [0.717, 1.165) is 0 Å². The molecule has 0 heterocycles. The number of carboxylic acid groups (broad SMARTS) is 1. The Morgan fingerprint density at radius 3 is 2.29 bits per heavy atom. The Bertz CT molecular complexity index is 254. The summed E-state index contributed by atoms with van der Waals surface area (Å²) in [6, 6.07) is 0. The molecule has 4 heteroatoms.